The SMILES string of the molecule is NCc1cc(N2CCc3ccccc32)nc2ccccc12. The van der Waals surface area contributed by atoms with Gasteiger partial charge in [-0.2, -0.15) is 0 Å². The van der Waals surface area contributed by atoms with E-state index in [4.69, 9.17) is 10.7 Å². The van der Waals surface area contributed by atoms with E-state index in [2.05, 4.69) is 47.4 Å². The molecule has 0 unspecified atom stereocenters. The number of anilines is 2. The molecule has 0 fully saturated rings. The van der Waals surface area contributed by atoms with E-state index in [-0.39, 0.29) is 0 Å². The summed E-state index contributed by atoms with van der Waals surface area (Å²) in [5.41, 5.74) is 10.8. The Labute approximate surface area is 124 Å². The van der Waals surface area contributed by atoms with Crippen molar-refractivity contribution in [3.63, 3.8) is 0 Å². The second kappa shape index (κ2) is 4.86. The molecule has 0 saturated heterocycles. The minimum absolute atomic E-state index is 0.533. The molecule has 0 radical (unpaired) electrons. The molecule has 0 spiro atoms. The standard InChI is InChI=1S/C18H17N3/c19-12-14-11-18(20-16-7-3-2-6-15(14)16)21-10-9-13-5-1-4-8-17(13)21/h1-8,11H,9-10,12,19H2. The zero-order valence-corrected chi connectivity index (χ0v) is 11.8. The van der Waals surface area contributed by atoms with Crippen LogP contribution in [-0.2, 0) is 13.0 Å². The van der Waals surface area contributed by atoms with Gasteiger partial charge < -0.3 is 10.6 Å². The van der Waals surface area contributed by atoms with E-state index in [0.29, 0.717) is 6.54 Å². The highest BCUT2D eigenvalue weighted by Crippen LogP contribution is 2.34. The van der Waals surface area contributed by atoms with Crippen molar-refractivity contribution in [1.82, 2.24) is 4.98 Å². The summed E-state index contributed by atoms with van der Waals surface area (Å²) in [5, 5.41) is 1.15. The minimum Gasteiger partial charge on any atom is -0.326 e. The van der Waals surface area contributed by atoms with Crippen molar-refractivity contribution in [3.05, 3.63) is 65.7 Å². The lowest BCUT2D eigenvalue weighted by Gasteiger charge is -2.20. The van der Waals surface area contributed by atoms with Crippen LogP contribution >= 0.6 is 0 Å². The maximum Gasteiger partial charge on any atom is 0.134 e. The molecule has 3 heteroatoms. The number of benzene rings is 2. The maximum absolute atomic E-state index is 5.93. The highest BCUT2D eigenvalue weighted by atomic mass is 15.2. The molecule has 3 nitrogen and oxygen atoms in total. The van der Waals surface area contributed by atoms with Crippen molar-refractivity contribution in [2.75, 3.05) is 11.4 Å². The quantitative estimate of drug-likeness (QED) is 0.779. The fraction of sp³-hybridized carbons (Fsp3) is 0.167. The first kappa shape index (κ1) is 12.4. The lowest BCUT2D eigenvalue weighted by molar-refractivity contribution is 0.972. The zero-order chi connectivity index (χ0) is 14.2. The van der Waals surface area contributed by atoms with Gasteiger partial charge in [-0.05, 0) is 35.7 Å². The molecule has 2 heterocycles. The molecule has 0 aliphatic carbocycles. The van der Waals surface area contributed by atoms with Crippen LogP contribution < -0.4 is 10.6 Å². The van der Waals surface area contributed by atoms with Gasteiger partial charge in [0.2, 0.25) is 0 Å². The van der Waals surface area contributed by atoms with Gasteiger partial charge in [0.25, 0.3) is 0 Å². The zero-order valence-electron chi connectivity index (χ0n) is 11.8. The van der Waals surface area contributed by atoms with Crippen LogP contribution in [0.4, 0.5) is 11.5 Å². The topological polar surface area (TPSA) is 42.1 Å². The largest absolute Gasteiger partial charge is 0.326 e. The molecule has 0 bridgehead atoms. The predicted molar refractivity (Wildman–Crippen MR) is 86.8 cm³/mol. The van der Waals surface area contributed by atoms with Crippen molar-refractivity contribution in [3.8, 4) is 0 Å². The van der Waals surface area contributed by atoms with E-state index >= 15 is 0 Å². The molecular formula is C18H17N3. The first-order valence-electron chi connectivity index (χ1n) is 7.31. The van der Waals surface area contributed by atoms with Crippen molar-refractivity contribution < 1.29 is 0 Å². The highest BCUT2D eigenvalue weighted by molar-refractivity contribution is 5.85. The Bertz CT molecular complexity index is 810. The van der Waals surface area contributed by atoms with Gasteiger partial charge in [0.1, 0.15) is 5.82 Å². The summed E-state index contributed by atoms with van der Waals surface area (Å²) in [7, 11) is 0. The Kier molecular flexibility index (Phi) is 2.86. The molecule has 2 N–H and O–H groups in total. The number of pyridine rings is 1. The molecule has 1 aromatic heterocycles. The van der Waals surface area contributed by atoms with Crippen molar-refractivity contribution in [2.24, 2.45) is 5.73 Å². The minimum atomic E-state index is 0.533. The molecule has 21 heavy (non-hydrogen) atoms. The Hall–Kier alpha value is -2.39. The number of nitrogens with two attached hydrogens (primary N) is 1. The Balaban J connectivity index is 1.88. The Morgan fingerprint density at radius 2 is 1.86 bits per heavy atom. The molecule has 1 aliphatic rings. The second-order valence-electron chi connectivity index (χ2n) is 5.39. The van der Waals surface area contributed by atoms with Crippen molar-refractivity contribution in [1.29, 1.82) is 0 Å². The monoisotopic (exact) mass is 275 g/mol. The number of para-hydroxylation sites is 2. The first-order valence-corrected chi connectivity index (χ1v) is 7.31. The van der Waals surface area contributed by atoms with Crippen LogP contribution in [0.2, 0.25) is 0 Å². The number of hydrogen-bond acceptors (Lipinski definition) is 3. The van der Waals surface area contributed by atoms with Crippen LogP contribution in [0, 0.1) is 0 Å². The average Bonchev–Trinajstić information content (AvgIpc) is 2.98. The number of rotatable bonds is 2. The van der Waals surface area contributed by atoms with Gasteiger partial charge in [0, 0.05) is 24.2 Å². The molecule has 1 aliphatic heterocycles. The van der Waals surface area contributed by atoms with Crippen LogP contribution in [-0.4, -0.2) is 11.5 Å². The van der Waals surface area contributed by atoms with Gasteiger partial charge in [-0.1, -0.05) is 36.4 Å². The van der Waals surface area contributed by atoms with Crippen LogP contribution in [0.15, 0.2) is 54.6 Å². The number of aromatic nitrogens is 1. The summed E-state index contributed by atoms with van der Waals surface area (Å²) < 4.78 is 0. The third-order valence-corrected chi connectivity index (χ3v) is 4.17. The van der Waals surface area contributed by atoms with Gasteiger partial charge >= 0.3 is 0 Å². The molecule has 0 atom stereocenters. The average molecular weight is 275 g/mol. The summed E-state index contributed by atoms with van der Waals surface area (Å²) in [6.45, 7) is 1.51. The predicted octanol–water partition coefficient (Wildman–Crippen LogP) is 3.39. The smallest absolute Gasteiger partial charge is 0.134 e. The summed E-state index contributed by atoms with van der Waals surface area (Å²) in [4.78, 5) is 7.13. The van der Waals surface area contributed by atoms with Crippen molar-refractivity contribution in [2.45, 2.75) is 13.0 Å². The van der Waals surface area contributed by atoms with Gasteiger partial charge in [0.05, 0.1) is 5.52 Å². The van der Waals surface area contributed by atoms with Gasteiger partial charge in [-0.15, -0.1) is 0 Å². The summed E-state index contributed by atoms with van der Waals surface area (Å²) in [6, 6.07) is 18.9. The van der Waals surface area contributed by atoms with E-state index in [0.717, 1.165) is 35.2 Å². The summed E-state index contributed by atoms with van der Waals surface area (Å²) >= 11 is 0. The van der Waals surface area contributed by atoms with E-state index in [1.165, 1.54) is 11.3 Å². The molecule has 0 amide bonds. The number of nitrogens with zero attached hydrogens (tertiary/aromatic N) is 2. The van der Waals surface area contributed by atoms with Gasteiger partial charge in [0.15, 0.2) is 0 Å². The Morgan fingerprint density at radius 1 is 1.05 bits per heavy atom. The maximum atomic E-state index is 5.93. The molecule has 0 saturated carbocycles. The van der Waals surface area contributed by atoms with Crippen molar-refractivity contribution >= 4 is 22.4 Å². The molecule has 4 rings (SSSR count). The number of fused-ring (bicyclic) bond motifs is 2. The van der Waals surface area contributed by atoms with Gasteiger partial charge in [-0.3, -0.25) is 0 Å². The third kappa shape index (κ3) is 1.98. The molecular weight excluding hydrogens is 258 g/mol. The summed E-state index contributed by atoms with van der Waals surface area (Å²) in [6.07, 6.45) is 1.07. The van der Waals surface area contributed by atoms with E-state index in [9.17, 15) is 0 Å². The second-order valence-corrected chi connectivity index (χ2v) is 5.39. The van der Waals surface area contributed by atoms with Crippen LogP contribution in [0.1, 0.15) is 11.1 Å². The summed E-state index contributed by atoms with van der Waals surface area (Å²) in [5.74, 6) is 0.999. The van der Waals surface area contributed by atoms with E-state index in [1.54, 1.807) is 0 Å². The van der Waals surface area contributed by atoms with Crippen LogP contribution in [0.25, 0.3) is 10.9 Å². The lowest BCUT2D eigenvalue weighted by atomic mass is 10.1. The third-order valence-electron chi connectivity index (χ3n) is 4.17. The van der Waals surface area contributed by atoms with E-state index in [1.807, 2.05) is 12.1 Å². The fourth-order valence-electron chi connectivity index (χ4n) is 3.12. The fourth-order valence-corrected chi connectivity index (χ4v) is 3.12. The Morgan fingerprint density at radius 3 is 2.76 bits per heavy atom. The molecule has 2 aromatic carbocycles. The highest BCUT2D eigenvalue weighted by Gasteiger charge is 2.21. The van der Waals surface area contributed by atoms with E-state index < -0.39 is 0 Å². The normalized spacial score (nSPS) is 13.7. The number of hydrogen-bond donors (Lipinski definition) is 1. The first-order chi connectivity index (χ1) is 10.4. The molecule has 3 aromatic rings. The van der Waals surface area contributed by atoms with Gasteiger partial charge in [-0.25, -0.2) is 4.98 Å². The van der Waals surface area contributed by atoms with Crippen LogP contribution in [0.5, 0.6) is 0 Å². The molecule has 104 valence electrons. The van der Waals surface area contributed by atoms with Crippen LogP contribution in [0.3, 0.4) is 0 Å². The lowest BCUT2D eigenvalue weighted by Crippen LogP contribution is -2.15.